The first-order valence-electron chi connectivity index (χ1n) is 7.08. The van der Waals surface area contributed by atoms with E-state index in [-0.39, 0.29) is 11.3 Å². The molecule has 1 saturated heterocycles. The highest BCUT2D eigenvalue weighted by Crippen LogP contribution is 2.25. The lowest BCUT2D eigenvalue weighted by Gasteiger charge is -2.39. The van der Waals surface area contributed by atoms with Gasteiger partial charge < -0.3 is 15.1 Å². The number of aromatic carboxylic acids is 1. The molecule has 0 bridgehead atoms. The normalized spacial score (nSPS) is 18.0. The quantitative estimate of drug-likeness (QED) is 0.882. The van der Waals surface area contributed by atoms with E-state index < -0.39 is 5.97 Å². The van der Waals surface area contributed by atoms with E-state index in [0.29, 0.717) is 6.04 Å². The van der Waals surface area contributed by atoms with Crippen molar-refractivity contribution in [2.45, 2.75) is 26.3 Å². The highest BCUT2D eigenvalue weighted by molar-refractivity contribution is 5.92. The van der Waals surface area contributed by atoms with Gasteiger partial charge in [-0.05, 0) is 31.5 Å². The van der Waals surface area contributed by atoms with E-state index in [1.807, 2.05) is 0 Å². The molecule has 0 radical (unpaired) electrons. The number of hydrogen-bond acceptors (Lipinski definition) is 4. The van der Waals surface area contributed by atoms with Gasteiger partial charge in [0.1, 0.15) is 11.3 Å². The van der Waals surface area contributed by atoms with Crippen LogP contribution >= 0.6 is 0 Å². The Bertz CT molecular complexity index is 482. The lowest BCUT2D eigenvalue weighted by Crippen LogP contribution is -2.49. The summed E-state index contributed by atoms with van der Waals surface area (Å²) in [7, 11) is 0. The summed E-state index contributed by atoms with van der Waals surface area (Å²) in [5.74, 6) is -1.28. The number of nitrogens with zero attached hydrogens (tertiary/aromatic N) is 2. The SMILES string of the molecule is CCC(C)N1CCN(c2ccc(O)c(C(=O)O)c2)CC1. The van der Waals surface area contributed by atoms with Gasteiger partial charge >= 0.3 is 5.97 Å². The standard InChI is InChI=1S/C15H22N2O3/c1-3-11(2)16-6-8-17(9-7-16)12-4-5-14(18)13(10-12)15(19)20/h4-5,10-11,18H,3,6-9H2,1-2H3,(H,19,20). The van der Waals surface area contributed by atoms with Gasteiger partial charge in [0.05, 0.1) is 0 Å². The molecule has 1 aliphatic rings. The fourth-order valence-electron chi connectivity index (χ4n) is 2.57. The molecule has 5 heteroatoms. The number of carbonyl (C=O) groups is 1. The maximum Gasteiger partial charge on any atom is 0.339 e. The van der Waals surface area contributed by atoms with Crippen molar-refractivity contribution >= 4 is 11.7 Å². The van der Waals surface area contributed by atoms with Crippen molar-refractivity contribution in [1.29, 1.82) is 0 Å². The first-order chi connectivity index (χ1) is 9.52. The average molecular weight is 278 g/mol. The molecule has 1 aromatic rings. The molecule has 0 saturated carbocycles. The number of aromatic hydroxyl groups is 1. The summed E-state index contributed by atoms with van der Waals surface area (Å²) in [6.45, 7) is 8.16. The predicted molar refractivity (Wildman–Crippen MR) is 78.6 cm³/mol. The van der Waals surface area contributed by atoms with Crippen molar-refractivity contribution in [3.8, 4) is 5.75 Å². The van der Waals surface area contributed by atoms with E-state index in [2.05, 4.69) is 23.6 Å². The average Bonchev–Trinajstić information content (AvgIpc) is 2.47. The van der Waals surface area contributed by atoms with Crippen LogP contribution in [0.5, 0.6) is 5.75 Å². The summed E-state index contributed by atoms with van der Waals surface area (Å²) >= 11 is 0. The van der Waals surface area contributed by atoms with Crippen LogP contribution in [-0.4, -0.2) is 53.3 Å². The van der Waals surface area contributed by atoms with Crippen LogP contribution in [0.3, 0.4) is 0 Å². The van der Waals surface area contributed by atoms with Crippen LogP contribution in [0.25, 0.3) is 0 Å². The zero-order valence-electron chi connectivity index (χ0n) is 12.0. The van der Waals surface area contributed by atoms with Crippen molar-refractivity contribution in [1.82, 2.24) is 4.90 Å². The van der Waals surface area contributed by atoms with Gasteiger partial charge in [-0.2, -0.15) is 0 Å². The zero-order chi connectivity index (χ0) is 14.7. The number of phenols is 1. The van der Waals surface area contributed by atoms with Gasteiger partial charge in [0.25, 0.3) is 0 Å². The lowest BCUT2D eigenvalue weighted by atomic mass is 10.1. The van der Waals surface area contributed by atoms with E-state index in [1.165, 1.54) is 6.07 Å². The van der Waals surface area contributed by atoms with E-state index in [0.717, 1.165) is 38.3 Å². The Hall–Kier alpha value is -1.75. The largest absolute Gasteiger partial charge is 0.507 e. The summed E-state index contributed by atoms with van der Waals surface area (Å²) in [4.78, 5) is 15.7. The van der Waals surface area contributed by atoms with Crippen LogP contribution in [0.1, 0.15) is 30.6 Å². The number of benzene rings is 1. The van der Waals surface area contributed by atoms with Gasteiger partial charge in [0.15, 0.2) is 0 Å². The first-order valence-corrected chi connectivity index (χ1v) is 7.08. The van der Waals surface area contributed by atoms with Gasteiger partial charge in [-0.25, -0.2) is 4.79 Å². The molecule has 1 aromatic carbocycles. The molecule has 110 valence electrons. The minimum absolute atomic E-state index is 0.0353. The van der Waals surface area contributed by atoms with Crippen LogP contribution in [0.2, 0.25) is 0 Å². The summed E-state index contributed by atoms with van der Waals surface area (Å²) in [5, 5.41) is 18.6. The Kier molecular flexibility index (Phi) is 4.49. The molecule has 1 aliphatic heterocycles. The van der Waals surface area contributed by atoms with Crippen LogP contribution < -0.4 is 4.90 Å². The zero-order valence-corrected chi connectivity index (χ0v) is 12.0. The third-order valence-corrected chi connectivity index (χ3v) is 4.10. The van der Waals surface area contributed by atoms with Gasteiger partial charge in [0, 0.05) is 37.9 Å². The van der Waals surface area contributed by atoms with E-state index in [9.17, 15) is 9.90 Å². The van der Waals surface area contributed by atoms with E-state index in [4.69, 9.17) is 5.11 Å². The highest BCUT2D eigenvalue weighted by atomic mass is 16.4. The number of hydrogen-bond donors (Lipinski definition) is 2. The van der Waals surface area contributed by atoms with Gasteiger partial charge in [-0.1, -0.05) is 6.92 Å². The Morgan fingerprint density at radius 1 is 1.30 bits per heavy atom. The van der Waals surface area contributed by atoms with Gasteiger partial charge in [0.2, 0.25) is 0 Å². The van der Waals surface area contributed by atoms with Crippen molar-refractivity contribution < 1.29 is 15.0 Å². The lowest BCUT2D eigenvalue weighted by molar-refractivity contribution is 0.0694. The topological polar surface area (TPSA) is 64.0 Å². The molecule has 1 fully saturated rings. The monoisotopic (exact) mass is 278 g/mol. The van der Waals surface area contributed by atoms with Crippen molar-refractivity contribution in [2.24, 2.45) is 0 Å². The minimum atomic E-state index is -1.09. The molecule has 5 nitrogen and oxygen atoms in total. The van der Waals surface area contributed by atoms with Crippen LogP contribution in [0.15, 0.2) is 18.2 Å². The maximum absolute atomic E-state index is 11.1. The summed E-state index contributed by atoms with van der Waals surface area (Å²) in [6, 6.07) is 5.38. The Morgan fingerprint density at radius 2 is 1.95 bits per heavy atom. The van der Waals surface area contributed by atoms with Crippen LogP contribution in [-0.2, 0) is 0 Å². The van der Waals surface area contributed by atoms with E-state index >= 15 is 0 Å². The highest BCUT2D eigenvalue weighted by Gasteiger charge is 2.21. The number of rotatable bonds is 4. The van der Waals surface area contributed by atoms with E-state index in [1.54, 1.807) is 12.1 Å². The maximum atomic E-state index is 11.1. The second-order valence-corrected chi connectivity index (χ2v) is 5.29. The van der Waals surface area contributed by atoms with Gasteiger partial charge in [-0.15, -0.1) is 0 Å². The molecule has 20 heavy (non-hydrogen) atoms. The fourth-order valence-corrected chi connectivity index (χ4v) is 2.57. The molecular weight excluding hydrogens is 256 g/mol. The first kappa shape index (κ1) is 14.7. The molecule has 0 aliphatic carbocycles. The Labute approximate surface area is 119 Å². The molecule has 2 rings (SSSR count). The summed E-state index contributed by atoms with van der Waals surface area (Å²) < 4.78 is 0. The smallest absolute Gasteiger partial charge is 0.339 e. The number of piperazine rings is 1. The third kappa shape index (κ3) is 3.04. The fraction of sp³-hybridized carbons (Fsp3) is 0.533. The second-order valence-electron chi connectivity index (χ2n) is 5.29. The molecular formula is C15H22N2O3. The molecule has 2 N–H and O–H groups in total. The van der Waals surface area contributed by atoms with Crippen molar-refractivity contribution in [3.05, 3.63) is 23.8 Å². The molecule has 0 amide bonds. The van der Waals surface area contributed by atoms with Crippen LogP contribution in [0, 0.1) is 0 Å². The Balaban J connectivity index is 2.07. The molecule has 1 atom stereocenters. The second kappa shape index (κ2) is 6.13. The molecule has 1 heterocycles. The number of anilines is 1. The number of carboxylic acids is 1. The summed E-state index contributed by atoms with van der Waals surface area (Å²) in [5.41, 5.74) is 0.829. The van der Waals surface area contributed by atoms with Crippen molar-refractivity contribution in [2.75, 3.05) is 31.1 Å². The molecule has 0 aromatic heterocycles. The molecule has 0 spiro atoms. The molecule has 1 unspecified atom stereocenters. The van der Waals surface area contributed by atoms with Gasteiger partial charge in [-0.3, -0.25) is 4.90 Å². The third-order valence-electron chi connectivity index (χ3n) is 4.10. The predicted octanol–water partition coefficient (Wildman–Crippen LogP) is 2.01. The Morgan fingerprint density at radius 3 is 2.50 bits per heavy atom. The van der Waals surface area contributed by atoms with Crippen LogP contribution in [0.4, 0.5) is 5.69 Å². The number of carboxylic acid groups (broad SMARTS) is 1. The van der Waals surface area contributed by atoms with Crippen molar-refractivity contribution in [3.63, 3.8) is 0 Å². The minimum Gasteiger partial charge on any atom is -0.507 e. The summed E-state index contributed by atoms with van der Waals surface area (Å²) in [6.07, 6.45) is 1.14.